The van der Waals surface area contributed by atoms with Crippen LogP contribution < -0.4 is 10.2 Å². The summed E-state index contributed by atoms with van der Waals surface area (Å²) in [5, 5.41) is 2.89. The highest BCUT2D eigenvalue weighted by molar-refractivity contribution is 5.97. The number of rotatable bonds is 4. The summed E-state index contributed by atoms with van der Waals surface area (Å²) in [4.78, 5) is 29.9. The van der Waals surface area contributed by atoms with Gasteiger partial charge in [0.05, 0.1) is 0 Å². The molecule has 2 aromatic rings. The van der Waals surface area contributed by atoms with Crippen LogP contribution in [0.4, 0.5) is 11.4 Å². The first-order valence-corrected chi connectivity index (χ1v) is 7.73. The number of anilines is 2. The zero-order chi connectivity index (χ0) is 16.4. The molecule has 0 spiro atoms. The molecule has 6 nitrogen and oxygen atoms in total. The van der Waals surface area contributed by atoms with Gasteiger partial charge in [0.1, 0.15) is 12.4 Å². The second-order valence-electron chi connectivity index (χ2n) is 5.80. The third-order valence-electron chi connectivity index (χ3n) is 4.08. The van der Waals surface area contributed by atoms with E-state index in [-0.39, 0.29) is 18.4 Å². The third kappa shape index (κ3) is 3.26. The summed E-state index contributed by atoms with van der Waals surface area (Å²) in [5.41, 5.74) is 2.65. The van der Waals surface area contributed by atoms with Gasteiger partial charge in [0.25, 0.3) is 0 Å². The molecule has 120 valence electrons. The van der Waals surface area contributed by atoms with E-state index in [4.69, 9.17) is 0 Å². The van der Waals surface area contributed by atoms with Gasteiger partial charge in [0.15, 0.2) is 0 Å². The number of hydrogen-bond donors (Lipinski definition) is 1. The van der Waals surface area contributed by atoms with Crippen molar-refractivity contribution in [3.8, 4) is 0 Å². The molecule has 1 aliphatic heterocycles. The number of aryl methyl sites for hydroxylation is 2. The molecular weight excluding hydrogens is 292 g/mol. The number of carbonyl (C=O) groups excluding carboxylic acids is 2. The first kappa shape index (κ1) is 15.3. The van der Waals surface area contributed by atoms with Crippen LogP contribution in [0.3, 0.4) is 0 Å². The van der Waals surface area contributed by atoms with Gasteiger partial charge in [-0.3, -0.25) is 9.59 Å². The van der Waals surface area contributed by atoms with Gasteiger partial charge in [-0.15, -0.1) is 0 Å². The summed E-state index contributed by atoms with van der Waals surface area (Å²) in [6.45, 7) is 4.82. The topological polar surface area (TPSA) is 67.2 Å². The number of benzene rings is 1. The molecule has 0 unspecified atom stereocenters. The van der Waals surface area contributed by atoms with E-state index in [2.05, 4.69) is 10.3 Å². The van der Waals surface area contributed by atoms with Gasteiger partial charge in [-0.2, -0.15) is 0 Å². The van der Waals surface area contributed by atoms with Crippen LogP contribution in [0.25, 0.3) is 0 Å². The Bertz CT molecular complexity index is 751. The monoisotopic (exact) mass is 312 g/mol. The van der Waals surface area contributed by atoms with Crippen LogP contribution in [0.2, 0.25) is 0 Å². The molecule has 3 rings (SSSR count). The van der Waals surface area contributed by atoms with Crippen LogP contribution in [0.15, 0.2) is 30.6 Å². The Morgan fingerprint density at radius 2 is 2.17 bits per heavy atom. The maximum absolute atomic E-state index is 12.1. The molecule has 1 saturated heterocycles. The van der Waals surface area contributed by atoms with E-state index in [9.17, 15) is 9.59 Å². The second-order valence-corrected chi connectivity index (χ2v) is 5.80. The van der Waals surface area contributed by atoms with E-state index < -0.39 is 0 Å². The average Bonchev–Trinajstić information content (AvgIpc) is 3.09. The van der Waals surface area contributed by atoms with Gasteiger partial charge in [-0.05, 0) is 44.0 Å². The zero-order valence-electron chi connectivity index (χ0n) is 13.4. The lowest BCUT2D eigenvalue weighted by atomic mass is 10.1. The van der Waals surface area contributed by atoms with E-state index >= 15 is 0 Å². The quantitative estimate of drug-likeness (QED) is 0.941. The highest BCUT2D eigenvalue weighted by atomic mass is 16.2. The number of nitrogens with one attached hydrogen (secondary N) is 1. The average molecular weight is 312 g/mol. The van der Waals surface area contributed by atoms with Crippen molar-refractivity contribution in [2.45, 2.75) is 33.2 Å². The van der Waals surface area contributed by atoms with E-state index in [1.165, 1.54) is 0 Å². The molecule has 6 heteroatoms. The third-order valence-corrected chi connectivity index (χ3v) is 4.08. The Morgan fingerprint density at radius 3 is 2.78 bits per heavy atom. The Kier molecular flexibility index (Phi) is 4.14. The van der Waals surface area contributed by atoms with Crippen molar-refractivity contribution in [2.75, 3.05) is 16.8 Å². The van der Waals surface area contributed by atoms with Crippen LogP contribution in [0.5, 0.6) is 0 Å². The van der Waals surface area contributed by atoms with Crippen LogP contribution in [0.1, 0.15) is 24.2 Å². The van der Waals surface area contributed by atoms with Crippen molar-refractivity contribution >= 4 is 23.2 Å². The first-order valence-electron chi connectivity index (χ1n) is 7.73. The lowest BCUT2D eigenvalue weighted by Crippen LogP contribution is -2.24. The lowest BCUT2D eigenvalue weighted by Gasteiger charge is -2.19. The van der Waals surface area contributed by atoms with Crippen LogP contribution in [-0.2, 0) is 16.1 Å². The Morgan fingerprint density at radius 1 is 1.35 bits per heavy atom. The molecule has 23 heavy (non-hydrogen) atoms. The van der Waals surface area contributed by atoms with Gasteiger partial charge in [-0.1, -0.05) is 0 Å². The van der Waals surface area contributed by atoms with Gasteiger partial charge in [0, 0.05) is 36.7 Å². The fourth-order valence-electron chi connectivity index (χ4n) is 2.86. The molecule has 1 aromatic carbocycles. The maximum atomic E-state index is 12.1. The Balaban J connectivity index is 1.69. The van der Waals surface area contributed by atoms with Crippen LogP contribution >= 0.6 is 0 Å². The number of carbonyl (C=O) groups is 2. The molecule has 1 N–H and O–H groups in total. The predicted molar refractivity (Wildman–Crippen MR) is 88.4 cm³/mol. The SMILES string of the molecule is Cc1cc(NC(=O)Cn2ccnc2C)ccc1N1CCCC1=O. The number of aromatic nitrogens is 2. The summed E-state index contributed by atoms with van der Waals surface area (Å²) in [7, 11) is 0. The molecule has 0 aliphatic carbocycles. The van der Waals surface area contributed by atoms with Gasteiger partial charge >= 0.3 is 0 Å². The maximum Gasteiger partial charge on any atom is 0.244 e. The molecular formula is C17H20N4O2. The summed E-state index contributed by atoms with van der Waals surface area (Å²) in [5.74, 6) is 0.871. The summed E-state index contributed by atoms with van der Waals surface area (Å²) in [6.07, 6.45) is 4.97. The molecule has 0 bridgehead atoms. The molecule has 2 heterocycles. The summed E-state index contributed by atoms with van der Waals surface area (Å²) in [6, 6.07) is 5.64. The van der Waals surface area contributed by atoms with Crippen molar-refractivity contribution in [1.29, 1.82) is 0 Å². The summed E-state index contributed by atoms with van der Waals surface area (Å²) >= 11 is 0. The minimum Gasteiger partial charge on any atom is -0.326 e. The van der Waals surface area contributed by atoms with Crippen molar-refractivity contribution in [3.63, 3.8) is 0 Å². The molecule has 0 radical (unpaired) electrons. The molecule has 0 saturated carbocycles. The van der Waals surface area contributed by atoms with Gasteiger partial charge in [-0.25, -0.2) is 4.98 Å². The summed E-state index contributed by atoms with van der Waals surface area (Å²) < 4.78 is 1.79. The smallest absolute Gasteiger partial charge is 0.244 e. The van der Waals surface area contributed by atoms with Crippen molar-refractivity contribution in [1.82, 2.24) is 9.55 Å². The highest BCUT2D eigenvalue weighted by Gasteiger charge is 2.23. The van der Waals surface area contributed by atoms with E-state index in [0.717, 1.165) is 35.7 Å². The van der Waals surface area contributed by atoms with E-state index in [1.807, 2.05) is 36.9 Å². The van der Waals surface area contributed by atoms with E-state index in [0.29, 0.717) is 6.42 Å². The standard InChI is InChI=1S/C17H20N4O2/c1-12-10-14(5-6-15(12)21-8-3-4-17(21)23)19-16(22)11-20-9-7-18-13(20)2/h5-7,9-10H,3-4,8,11H2,1-2H3,(H,19,22). The van der Waals surface area contributed by atoms with E-state index in [1.54, 1.807) is 17.0 Å². The van der Waals surface area contributed by atoms with Crippen molar-refractivity contribution < 1.29 is 9.59 Å². The molecule has 2 amide bonds. The molecule has 1 aromatic heterocycles. The van der Waals surface area contributed by atoms with Crippen molar-refractivity contribution in [3.05, 3.63) is 42.0 Å². The number of hydrogen-bond acceptors (Lipinski definition) is 3. The molecule has 1 aliphatic rings. The van der Waals surface area contributed by atoms with Crippen LogP contribution in [-0.4, -0.2) is 27.9 Å². The number of imidazole rings is 1. The van der Waals surface area contributed by atoms with Gasteiger partial charge < -0.3 is 14.8 Å². The van der Waals surface area contributed by atoms with Crippen molar-refractivity contribution in [2.24, 2.45) is 0 Å². The first-order chi connectivity index (χ1) is 11.0. The molecule has 1 fully saturated rings. The Hall–Kier alpha value is -2.63. The zero-order valence-corrected chi connectivity index (χ0v) is 13.4. The molecule has 0 atom stereocenters. The number of amides is 2. The van der Waals surface area contributed by atoms with Gasteiger partial charge in [0.2, 0.25) is 11.8 Å². The predicted octanol–water partition coefficient (Wildman–Crippen LogP) is 2.27. The minimum atomic E-state index is -0.101. The normalized spacial score (nSPS) is 14.3. The largest absolute Gasteiger partial charge is 0.326 e. The Labute approximate surface area is 135 Å². The lowest BCUT2D eigenvalue weighted by molar-refractivity contribution is -0.117. The second kappa shape index (κ2) is 6.24. The fraction of sp³-hybridized carbons (Fsp3) is 0.353. The minimum absolute atomic E-state index is 0.101. The highest BCUT2D eigenvalue weighted by Crippen LogP contribution is 2.27. The fourth-order valence-corrected chi connectivity index (χ4v) is 2.86. The van der Waals surface area contributed by atoms with Crippen LogP contribution in [0, 0.1) is 13.8 Å². The number of nitrogens with zero attached hydrogens (tertiary/aromatic N) is 3.